The van der Waals surface area contributed by atoms with Crippen LogP contribution in [0, 0.1) is 0 Å². The summed E-state index contributed by atoms with van der Waals surface area (Å²) in [6.45, 7) is -0.660. The first-order chi connectivity index (χ1) is 17.0. The molecule has 7 nitrogen and oxygen atoms in total. The predicted octanol–water partition coefficient (Wildman–Crippen LogP) is 3.84. The molecular weight excluding hydrogens is 472 g/mol. The molecule has 0 aliphatic carbocycles. The average Bonchev–Trinajstić information content (AvgIpc) is 3.45. The maximum absolute atomic E-state index is 13.5. The van der Waals surface area contributed by atoms with Crippen LogP contribution < -0.4 is 9.47 Å². The molecule has 0 fully saturated rings. The van der Waals surface area contributed by atoms with Crippen molar-refractivity contribution in [2.24, 2.45) is 0 Å². The molecule has 0 saturated heterocycles. The summed E-state index contributed by atoms with van der Waals surface area (Å²) in [5.41, 5.74) is 2.94. The van der Waals surface area contributed by atoms with Crippen molar-refractivity contribution < 1.29 is 34.0 Å². The van der Waals surface area contributed by atoms with E-state index >= 15 is 0 Å². The predicted molar refractivity (Wildman–Crippen MR) is 128 cm³/mol. The van der Waals surface area contributed by atoms with Gasteiger partial charge >= 0.3 is 5.97 Å². The third kappa shape index (κ3) is 4.51. The number of carbonyl (C=O) groups is 1. The van der Waals surface area contributed by atoms with E-state index < -0.39 is 24.5 Å². The number of hydrogen-bond donors (Lipinski definition) is 2. The van der Waals surface area contributed by atoms with Gasteiger partial charge in [0.2, 0.25) is 6.79 Å². The molecule has 0 saturated carbocycles. The van der Waals surface area contributed by atoms with Gasteiger partial charge in [0.05, 0.1) is 18.8 Å². The fraction of sp³-hybridized carbons (Fsp3) is 0.222. The van der Waals surface area contributed by atoms with Crippen molar-refractivity contribution in [2.75, 3.05) is 20.0 Å². The van der Waals surface area contributed by atoms with E-state index in [0.29, 0.717) is 45.2 Å². The van der Waals surface area contributed by atoms with Gasteiger partial charge < -0.3 is 29.2 Å². The van der Waals surface area contributed by atoms with Crippen LogP contribution in [0.1, 0.15) is 16.7 Å². The fourth-order valence-electron chi connectivity index (χ4n) is 4.25. The first kappa shape index (κ1) is 23.4. The lowest BCUT2D eigenvalue weighted by Gasteiger charge is -2.32. The molecule has 2 aliphatic heterocycles. The van der Waals surface area contributed by atoms with Gasteiger partial charge in [-0.25, -0.2) is 4.79 Å². The van der Waals surface area contributed by atoms with E-state index in [9.17, 15) is 15.0 Å². The highest BCUT2D eigenvalue weighted by Gasteiger charge is 2.51. The summed E-state index contributed by atoms with van der Waals surface area (Å²) in [4.78, 5) is 13.5. The summed E-state index contributed by atoms with van der Waals surface area (Å²) in [6, 6.07) is 21.7. The lowest BCUT2D eigenvalue weighted by atomic mass is 9.87. The molecule has 3 aromatic rings. The molecule has 180 valence electrons. The van der Waals surface area contributed by atoms with Crippen LogP contribution >= 0.6 is 11.6 Å². The number of benzene rings is 3. The Morgan fingerprint density at radius 1 is 1.00 bits per heavy atom. The largest absolute Gasteiger partial charge is 0.454 e. The molecule has 0 spiro atoms. The van der Waals surface area contributed by atoms with Crippen molar-refractivity contribution in [3.63, 3.8) is 0 Å². The number of aliphatic hydroxyl groups excluding tert-OH is 2. The third-order valence-electron chi connectivity index (χ3n) is 5.94. The van der Waals surface area contributed by atoms with E-state index in [2.05, 4.69) is 0 Å². The summed E-state index contributed by atoms with van der Waals surface area (Å²) in [6.07, 6.45) is -0.834. The van der Waals surface area contributed by atoms with E-state index in [-0.39, 0.29) is 13.4 Å². The molecule has 2 unspecified atom stereocenters. The Kier molecular flexibility index (Phi) is 6.49. The Balaban J connectivity index is 1.70. The Morgan fingerprint density at radius 3 is 2.49 bits per heavy atom. The molecule has 0 amide bonds. The number of cyclic esters (lactones) is 1. The van der Waals surface area contributed by atoms with E-state index in [1.165, 1.54) is 0 Å². The van der Waals surface area contributed by atoms with Gasteiger partial charge in [-0.15, -0.1) is 0 Å². The Labute approximate surface area is 207 Å². The average molecular weight is 495 g/mol. The molecule has 2 atom stereocenters. The quantitative estimate of drug-likeness (QED) is 0.459. The summed E-state index contributed by atoms with van der Waals surface area (Å²) in [7, 11) is 0. The monoisotopic (exact) mass is 494 g/mol. The Hall–Kier alpha value is -3.36. The van der Waals surface area contributed by atoms with Gasteiger partial charge in [0.25, 0.3) is 5.79 Å². The van der Waals surface area contributed by atoms with Crippen LogP contribution in [-0.4, -0.2) is 42.3 Å². The SMILES string of the molecule is O=C1OC(OCC(O)CO)(c2ccc(Cl)cc2)C(Cc2ccccc2)=C1c1ccc2c(c1)OCO2. The van der Waals surface area contributed by atoms with E-state index in [0.717, 1.165) is 5.56 Å². The number of hydrogen-bond acceptors (Lipinski definition) is 7. The number of fused-ring (bicyclic) bond motifs is 1. The number of carbonyl (C=O) groups excluding carboxylic acids is 1. The maximum Gasteiger partial charge on any atom is 0.342 e. The minimum atomic E-state index is -1.64. The van der Waals surface area contributed by atoms with Gasteiger partial charge in [-0.05, 0) is 35.4 Å². The Morgan fingerprint density at radius 2 is 1.74 bits per heavy atom. The molecule has 0 bridgehead atoms. The number of halogens is 1. The molecule has 0 aromatic heterocycles. The van der Waals surface area contributed by atoms with Crippen LogP contribution in [0.2, 0.25) is 5.02 Å². The zero-order valence-electron chi connectivity index (χ0n) is 18.6. The third-order valence-corrected chi connectivity index (χ3v) is 6.19. The summed E-state index contributed by atoms with van der Waals surface area (Å²) >= 11 is 6.13. The number of rotatable bonds is 8. The minimum Gasteiger partial charge on any atom is -0.454 e. The standard InChI is InChI=1S/C27H23ClO7/c28-20-9-7-19(8-10-20)27(34-15-21(30)14-29)22(12-17-4-2-1-3-5-17)25(26(31)35-27)18-6-11-23-24(13-18)33-16-32-23/h1-11,13,21,29-30H,12,14-16H2. The van der Waals surface area contributed by atoms with Gasteiger partial charge in [-0.3, -0.25) is 0 Å². The van der Waals surface area contributed by atoms with Crippen LogP contribution in [0.25, 0.3) is 5.57 Å². The highest BCUT2D eigenvalue weighted by atomic mass is 35.5. The molecule has 35 heavy (non-hydrogen) atoms. The van der Waals surface area contributed by atoms with Crippen LogP contribution in [0.15, 0.2) is 78.4 Å². The molecule has 2 heterocycles. The van der Waals surface area contributed by atoms with Gasteiger partial charge in [-0.2, -0.15) is 0 Å². The second-order valence-electron chi connectivity index (χ2n) is 8.24. The zero-order chi connectivity index (χ0) is 24.4. The van der Waals surface area contributed by atoms with Gasteiger partial charge in [0, 0.05) is 22.6 Å². The highest BCUT2D eigenvalue weighted by molar-refractivity contribution is 6.30. The van der Waals surface area contributed by atoms with Crippen LogP contribution in [0.4, 0.5) is 0 Å². The van der Waals surface area contributed by atoms with Crippen molar-refractivity contribution in [2.45, 2.75) is 18.3 Å². The second-order valence-corrected chi connectivity index (χ2v) is 8.68. The van der Waals surface area contributed by atoms with Crippen molar-refractivity contribution in [3.8, 4) is 11.5 Å². The van der Waals surface area contributed by atoms with Crippen molar-refractivity contribution >= 4 is 23.1 Å². The minimum absolute atomic E-state index is 0.107. The van der Waals surface area contributed by atoms with E-state index in [1.807, 2.05) is 30.3 Å². The van der Waals surface area contributed by atoms with Crippen molar-refractivity contribution in [1.29, 1.82) is 0 Å². The van der Waals surface area contributed by atoms with E-state index in [1.54, 1.807) is 42.5 Å². The number of ether oxygens (including phenoxy) is 4. The van der Waals surface area contributed by atoms with Crippen LogP contribution in [0.3, 0.4) is 0 Å². The molecule has 5 rings (SSSR count). The number of esters is 1. The molecule has 8 heteroatoms. The van der Waals surface area contributed by atoms with Crippen LogP contribution in [-0.2, 0) is 26.5 Å². The summed E-state index contributed by atoms with van der Waals surface area (Å²) < 4.78 is 23.1. The topological polar surface area (TPSA) is 94.5 Å². The summed E-state index contributed by atoms with van der Waals surface area (Å²) in [5, 5.41) is 20.0. The molecule has 2 aliphatic rings. The first-order valence-electron chi connectivity index (χ1n) is 11.1. The number of aliphatic hydroxyl groups is 2. The highest BCUT2D eigenvalue weighted by Crippen LogP contribution is 2.48. The smallest absolute Gasteiger partial charge is 0.342 e. The van der Waals surface area contributed by atoms with Gasteiger partial charge in [-0.1, -0.05) is 60.1 Å². The fourth-order valence-corrected chi connectivity index (χ4v) is 4.37. The first-order valence-corrected chi connectivity index (χ1v) is 11.5. The molecule has 2 N–H and O–H groups in total. The lowest BCUT2D eigenvalue weighted by Crippen LogP contribution is -2.37. The normalized spacial score (nSPS) is 19.7. The summed E-state index contributed by atoms with van der Waals surface area (Å²) in [5.74, 6) is -1.10. The second kappa shape index (κ2) is 9.71. The molecule has 3 aromatic carbocycles. The molecule has 0 radical (unpaired) electrons. The Bertz CT molecular complexity index is 1260. The lowest BCUT2D eigenvalue weighted by molar-refractivity contribution is -0.218. The van der Waals surface area contributed by atoms with Crippen molar-refractivity contribution in [3.05, 3.63) is 100 Å². The van der Waals surface area contributed by atoms with Gasteiger partial charge in [0.1, 0.15) is 6.10 Å². The van der Waals surface area contributed by atoms with E-state index in [4.69, 9.17) is 30.5 Å². The van der Waals surface area contributed by atoms with Crippen LogP contribution in [0.5, 0.6) is 11.5 Å². The van der Waals surface area contributed by atoms with Gasteiger partial charge in [0.15, 0.2) is 11.5 Å². The van der Waals surface area contributed by atoms with Crippen molar-refractivity contribution in [1.82, 2.24) is 0 Å². The zero-order valence-corrected chi connectivity index (χ0v) is 19.4. The maximum atomic E-state index is 13.5. The molecular formula is C27H23ClO7.